The van der Waals surface area contributed by atoms with E-state index in [-0.39, 0.29) is 5.91 Å². The number of nitrogen functional groups attached to an aromatic ring is 1. The summed E-state index contributed by atoms with van der Waals surface area (Å²) < 4.78 is 0. The molecule has 0 aliphatic carbocycles. The van der Waals surface area contributed by atoms with Crippen molar-refractivity contribution in [2.45, 2.75) is 0 Å². The van der Waals surface area contributed by atoms with Gasteiger partial charge in [-0.05, 0) is 11.4 Å². The van der Waals surface area contributed by atoms with E-state index >= 15 is 0 Å². The fourth-order valence-corrected chi connectivity index (χ4v) is 2.44. The molecule has 2 rings (SSSR count). The van der Waals surface area contributed by atoms with Crippen LogP contribution in [0.5, 0.6) is 0 Å². The molecular weight excluding hydrogens is 256 g/mol. The van der Waals surface area contributed by atoms with Crippen molar-refractivity contribution < 1.29 is 4.79 Å². The Morgan fingerprint density at radius 3 is 2.87 bits per heavy atom. The van der Waals surface area contributed by atoms with Crippen LogP contribution in [-0.2, 0) is 0 Å². The van der Waals surface area contributed by atoms with Gasteiger partial charge in [0, 0.05) is 0 Å². The van der Waals surface area contributed by atoms with E-state index in [1.807, 2.05) is 0 Å². The molecule has 2 aromatic rings. The molecule has 2 aromatic heterocycles. The molecule has 0 radical (unpaired) electrons. The summed E-state index contributed by atoms with van der Waals surface area (Å²) in [6.07, 6.45) is 0. The van der Waals surface area contributed by atoms with Gasteiger partial charge in [0.1, 0.15) is 4.88 Å². The number of hydrogen-bond acceptors (Lipinski definition) is 6. The fraction of sp³-hybridized carbons (Fsp3) is 0. The van der Waals surface area contributed by atoms with Gasteiger partial charge in [-0.15, -0.1) is 21.5 Å². The van der Waals surface area contributed by atoms with E-state index in [0.29, 0.717) is 20.2 Å². The Bertz CT molecular complexity index is 495. The molecule has 0 fully saturated rings. The van der Waals surface area contributed by atoms with Crippen LogP contribution in [0.3, 0.4) is 0 Å². The van der Waals surface area contributed by atoms with E-state index in [0.717, 1.165) is 11.3 Å². The lowest BCUT2D eigenvalue weighted by atomic mass is 10.4. The number of amides is 1. The van der Waals surface area contributed by atoms with Gasteiger partial charge >= 0.3 is 0 Å². The zero-order valence-electron chi connectivity index (χ0n) is 7.23. The second kappa shape index (κ2) is 4.13. The molecule has 2 heterocycles. The zero-order valence-corrected chi connectivity index (χ0v) is 9.62. The molecule has 78 valence electrons. The highest BCUT2D eigenvalue weighted by Gasteiger charge is 2.13. The summed E-state index contributed by atoms with van der Waals surface area (Å²) in [5.41, 5.74) is 5.37. The van der Waals surface area contributed by atoms with Crippen molar-refractivity contribution in [1.29, 1.82) is 0 Å². The third kappa shape index (κ3) is 2.25. The minimum absolute atomic E-state index is 0.300. The Labute approximate surface area is 97.9 Å². The third-order valence-corrected chi connectivity index (χ3v) is 3.49. The molecule has 0 atom stereocenters. The summed E-state index contributed by atoms with van der Waals surface area (Å²) in [4.78, 5) is 12.1. The van der Waals surface area contributed by atoms with E-state index in [1.165, 1.54) is 11.3 Å². The average molecular weight is 261 g/mol. The lowest BCUT2D eigenvalue weighted by Crippen LogP contribution is -2.10. The molecule has 0 aliphatic rings. The number of carbonyl (C=O) groups excluding carboxylic acids is 1. The van der Waals surface area contributed by atoms with Gasteiger partial charge in [-0.2, -0.15) is 0 Å². The SMILES string of the molecule is Nc1nnc(NC(=O)c2sccc2Cl)s1. The minimum Gasteiger partial charge on any atom is -0.374 e. The molecule has 1 amide bonds. The van der Waals surface area contributed by atoms with Gasteiger partial charge in [-0.3, -0.25) is 10.1 Å². The molecule has 0 aromatic carbocycles. The Morgan fingerprint density at radius 1 is 1.53 bits per heavy atom. The van der Waals surface area contributed by atoms with Gasteiger partial charge in [0.25, 0.3) is 5.91 Å². The molecule has 8 heteroatoms. The normalized spacial score (nSPS) is 10.2. The summed E-state index contributed by atoms with van der Waals surface area (Å²) >= 11 is 8.17. The van der Waals surface area contributed by atoms with Gasteiger partial charge < -0.3 is 5.73 Å². The molecule has 0 spiro atoms. The molecule has 0 aliphatic heterocycles. The highest BCUT2D eigenvalue weighted by atomic mass is 35.5. The lowest BCUT2D eigenvalue weighted by molar-refractivity contribution is 0.103. The van der Waals surface area contributed by atoms with Crippen LogP contribution in [-0.4, -0.2) is 16.1 Å². The maximum Gasteiger partial charge on any atom is 0.269 e. The molecule has 0 bridgehead atoms. The number of nitrogens with zero attached hydrogens (tertiary/aromatic N) is 2. The van der Waals surface area contributed by atoms with Crippen LogP contribution in [0.1, 0.15) is 9.67 Å². The number of halogens is 1. The van der Waals surface area contributed by atoms with Crippen LogP contribution in [0.2, 0.25) is 5.02 Å². The number of anilines is 2. The van der Waals surface area contributed by atoms with Crippen molar-refractivity contribution in [3.63, 3.8) is 0 Å². The van der Waals surface area contributed by atoms with Crippen molar-refractivity contribution in [1.82, 2.24) is 10.2 Å². The summed E-state index contributed by atoms with van der Waals surface area (Å²) in [7, 11) is 0. The summed E-state index contributed by atoms with van der Waals surface area (Å²) in [6, 6.07) is 1.66. The molecule has 15 heavy (non-hydrogen) atoms. The maximum absolute atomic E-state index is 11.6. The Hall–Kier alpha value is -1.18. The Morgan fingerprint density at radius 2 is 2.33 bits per heavy atom. The smallest absolute Gasteiger partial charge is 0.269 e. The van der Waals surface area contributed by atoms with Crippen LogP contribution in [0, 0.1) is 0 Å². The first-order chi connectivity index (χ1) is 7.16. The summed E-state index contributed by atoms with van der Waals surface area (Å²) in [5, 5.41) is 12.6. The second-order valence-corrected chi connectivity index (χ2v) is 4.83. The second-order valence-electron chi connectivity index (χ2n) is 2.50. The van der Waals surface area contributed by atoms with E-state index in [1.54, 1.807) is 11.4 Å². The van der Waals surface area contributed by atoms with Crippen molar-refractivity contribution >= 4 is 50.4 Å². The molecule has 5 nitrogen and oxygen atoms in total. The van der Waals surface area contributed by atoms with Crippen LogP contribution >= 0.6 is 34.3 Å². The van der Waals surface area contributed by atoms with Crippen molar-refractivity contribution in [3.8, 4) is 0 Å². The predicted molar refractivity (Wildman–Crippen MR) is 61.6 cm³/mol. The van der Waals surface area contributed by atoms with E-state index in [9.17, 15) is 4.79 Å². The van der Waals surface area contributed by atoms with Crippen LogP contribution in [0.4, 0.5) is 10.3 Å². The number of carbonyl (C=O) groups is 1. The topological polar surface area (TPSA) is 80.9 Å². The van der Waals surface area contributed by atoms with Gasteiger partial charge in [0.2, 0.25) is 10.3 Å². The first kappa shape index (κ1) is 10.3. The van der Waals surface area contributed by atoms with Gasteiger partial charge in [0.15, 0.2) is 0 Å². The van der Waals surface area contributed by atoms with Gasteiger partial charge in [-0.25, -0.2) is 0 Å². The standard InChI is InChI=1S/C7H5ClN4OS2/c8-3-1-2-14-4(3)5(13)10-7-12-11-6(9)15-7/h1-2H,(H2,9,11)(H,10,12,13). The molecule has 3 N–H and O–H groups in total. The highest BCUT2D eigenvalue weighted by molar-refractivity contribution is 7.19. The molecule has 0 saturated heterocycles. The van der Waals surface area contributed by atoms with Crippen LogP contribution in [0.25, 0.3) is 0 Å². The third-order valence-electron chi connectivity index (χ3n) is 1.48. The summed E-state index contributed by atoms with van der Waals surface area (Å²) in [5.74, 6) is -0.300. The molecule has 0 saturated carbocycles. The number of nitrogens with one attached hydrogen (secondary N) is 1. The van der Waals surface area contributed by atoms with Crippen molar-refractivity contribution in [2.75, 3.05) is 11.1 Å². The van der Waals surface area contributed by atoms with Gasteiger partial charge in [-0.1, -0.05) is 22.9 Å². The number of nitrogens with two attached hydrogens (primary N) is 1. The Kier molecular flexibility index (Phi) is 2.85. The summed E-state index contributed by atoms with van der Waals surface area (Å²) in [6.45, 7) is 0. The molecule has 0 unspecified atom stereocenters. The average Bonchev–Trinajstić information content (AvgIpc) is 2.75. The quantitative estimate of drug-likeness (QED) is 0.866. The van der Waals surface area contributed by atoms with Crippen LogP contribution in [0.15, 0.2) is 11.4 Å². The van der Waals surface area contributed by atoms with E-state index in [2.05, 4.69) is 15.5 Å². The first-order valence-corrected chi connectivity index (χ1v) is 5.87. The largest absolute Gasteiger partial charge is 0.374 e. The molecular formula is C7H5ClN4OS2. The minimum atomic E-state index is -0.300. The van der Waals surface area contributed by atoms with Gasteiger partial charge in [0.05, 0.1) is 5.02 Å². The monoisotopic (exact) mass is 260 g/mol. The predicted octanol–water partition coefficient (Wildman–Crippen LogP) is 2.09. The van der Waals surface area contributed by atoms with Crippen molar-refractivity contribution in [3.05, 3.63) is 21.3 Å². The lowest BCUT2D eigenvalue weighted by Gasteiger charge is -1.97. The fourth-order valence-electron chi connectivity index (χ4n) is 0.895. The zero-order chi connectivity index (χ0) is 10.8. The van der Waals surface area contributed by atoms with E-state index in [4.69, 9.17) is 17.3 Å². The maximum atomic E-state index is 11.6. The number of rotatable bonds is 2. The number of aromatic nitrogens is 2. The van der Waals surface area contributed by atoms with E-state index < -0.39 is 0 Å². The highest BCUT2D eigenvalue weighted by Crippen LogP contribution is 2.24. The first-order valence-electron chi connectivity index (χ1n) is 3.80. The van der Waals surface area contributed by atoms with Crippen molar-refractivity contribution in [2.24, 2.45) is 0 Å². The number of hydrogen-bond donors (Lipinski definition) is 2. The Balaban J connectivity index is 2.14. The van der Waals surface area contributed by atoms with Crippen LogP contribution < -0.4 is 11.1 Å². The number of thiophene rings is 1.